The number of rotatable bonds is 11. The molecule has 16 nitrogen and oxygen atoms in total. The number of hydrogen-bond acceptors (Lipinski definition) is 14. The van der Waals surface area contributed by atoms with Gasteiger partial charge in [0.2, 0.25) is 0 Å². The van der Waals surface area contributed by atoms with Gasteiger partial charge in [-0.25, -0.2) is 16.8 Å². The minimum Gasteiger partial charge on any atom is -0.744 e. The number of para-hydroxylation sites is 2. The summed E-state index contributed by atoms with van der Waals surface area (Å²) in [5, 5.41) is 40.5. The van der Waals surface area contributed by atoms with Crippen molar-refractivity contribution >= 4 is 54.8 Å². The Morgan fingerprint density at radius 2 is 0.907 bits per heavy atom. The molecule has 2 amide bonds. The number of nitrogens with zero attached hydrogens (tertiary/aromatic N) is 4. The zero-order valence-corrected chi connectivity index (χ0v) is 35.5. The van der Waals surface area contributed by atoms with Crippen molar-refractivity contribution in [3.8, 4) is 11.1 Å². The number of aryl methyl sites for hydroxylation is 2. The molecule has 0 aliphatic carbocycles. The Balaban J connectivity index is 0.00000504. The van der Waals surface area contributed by atoms with Crippen LogP contribution in [0.4, 0.5) is 22.7 Å². The number of nitrogens with one attached hydrogen (secondary N) is 2. The predicted molar refractivity (Wildman–Crippen MR) is 187 cm³/mol. The van der Waals surface area contributed by atoms with Gasteiger partial charge in [-0.15, -0.1) is 20.5 Å². The molecule has 20 heteroatoms. The fourth-order valence-electron chi connectivity index (χ4n) is 4.60. The topological polar surface area (TPSA) is 262 Å². The maximum absolute atomic E-state index is 12.8. The molecule has 0 atom stereocenters. The van der Waals surface area contributed by atoms with Gasteiger partial charge in [0, 0.05) is 22.5 Å². The summed E-state index contributed by atoms with van der Waals surface area (Å²) in [6, 6.07) is 20.1. The maximum atomic E-state index is 12.8. The largest absolute Gasteiger partial charge is 1.00 e. The van der Waals surface area contributed by atoms with E-state index >= 15 is 0 Å². The van der Waals surface area contributed by atoms with Crippen LogP contribution in [0, 0.1) is 13.8 Å². The number of anilines is 2. The molecule has 0 aromatic heterocycles. The first-order valence-corrected chi connectivity index (χ1v) is 17.8. The zero-order valence-electron chi connectivity index (χ0n) is 29.8. The Labute approximate surface area is 355 Å². The summed E-state index contributed by atoms with van der Waals surface area (Å²) < 4.78 is 75.2. The van der Waals surface area contributed by atoms with Crippen LogP contribution in [0.1, 0.15) is 25.0 Å². The number of azo groups is 2. The first-order chi connectivity index (χ1) is 24.4. The van der Waals surface area contributed by atoms with E-state index in [4.69, 9.17) is 0 Å². The molecule has 0 saturated heterocycles. The molecule has 0 bridgehead atoms. The molecule has 4 aromatic rings. The average Bonchev–Trinajstić information content (AvgIpc) is 3.05. The van der Waals surface area contributed by atoms with Gasteiger partial charge in [-0.05, 0) is 87.4 Å². The van der Waals surface area contributed by atoms with Gasteiger partial charge in [-0.3, -0.25) is 9.59 Å². The van der Waals surface area contributed by atoms with Gasteiger partial charge < -0.3 is 30.0 Å². The van der Waals surface area contributed by atoms with Crippen molar-refractivity contribution < 1.29 is 105 Å². The summed E-state index contributed by atoms with van der Waals surface area (Å²) in [5.74, 6) is -2.77. The number of aliphatic hydroxyl groups excluding tert-OH is 2. The molecule has 0 heterocycles. The van der Waals surface area contributed by atoms with Crippen LogP contribution in [-0.2, 0) is 29.8 Å². The number of aliphatic hydroxyl groups is 2. The smallest absolute Gasteiger partial charge is 0.744 e. The van der Waals surface area contributed by atoms with Gasteiger partial charge in [0.05, 0.1) is 21.2 Å². The summed E-state index contributed by atoms with van der Waals surface area (Å²) in [5.41, 5.74) is -1.51. The second-order valence-corrected chi connectivity index (χ2v) is 13.8. The van der Waals surface area contributed by atoms with Crippen molar-refractivity contribution in [3.63, 3.8) is 0 Å². The number of amides is 2. The first-order valence-electron chi connectivity index (χ1n) is 14.9. The van der Waals surface area contributed by atoms with Gasteiger partial charge in [0.15, 0.2) is 11.4 Å². The van der Waals surface area contributed by atoms with E-state index in [0.717, 1.165) is 24.3 Å². The predicted octanol–water partition coefficient (Wildman–Crippen LogP) is 0.810. The summed E-state index contributed by atoms with van der Waals surface area (Å²) in [6.07, 6.45) is 0. The average molecular weight is 793 g/mol. The van der Waals surface area contributed by atoms with E-state index in [-0.39, 0.29) is 81.6 Å². The van der Waals surface area contributed by atoms with E-state index < -0.39 is 75.9 Å². The molecule has 4 N–H and O–H groups in total. The van der Waals surface area contributed by atoms with Crippen LogP contribution in [0.3, 0.4) is 0 Å². The van der Waals surface area contributed by atoms with Gasteiger partial charge in [-0.1, -0.05) is 36.4 Å². The Kier molecular flexibility index (Phi) is 16.6. The van der Waals surface area contributed by atoms with E-state index in [1.165, 1.54) is 27.7 Å². The normalized spacial score (nSPS) is 12.6. The Hall–Kier alpha value is -4.08. The standard InChI is InChI=1S/C34H32N6O10S2.2Na/c1-19-15-25(29(51(45,46)47)17-27(19)37-39-31(21(3)41)33(43)35-23-11-7-5-8-12-23)26-16-20(2)28(18-30(26)52(48,49)50)38-40-32(22(4)42)34(44)36-24-13-9-6-10-14-24;;/h5-18,41-42H,1-4H3,(H,35,43)(H,36,44)(H,45,46,47)(H,48,49,50);;/q;2*+1/p-2/b31-21-,32-22+,39-37?,40-38?;;. The SMILES string of the molecule is C/C(O)=C(/N=Nc1cc(S(=O)(=O)[O-])c(-c2cc(C)c(N=N/C(C(=O)Nc3ccccc3)=C(\C)O)cc2S(=O)(=O)[O-])cc1C)C(=O)Nc1ccccc1.[Na+].[Na+]. The van der Waals surface area contributed by atoms with E-state index in [0.29, 0.717) is 11.4 Å². The number of carbonyl (C=O) groups excluding carboxylic acids is 2. The second kappa shape index (κ2) is 19.5. The molecular formula is C34H30N6Na2O10S2. The summed E-state index contributed by atoms with van der Waals surface area (Å²) >= 11 is 0. The fourth-order valence-corrected chi connectivity index (χ4v) is 5.99. The fraction of sp³-hybridized carbons (Fsp3) is 0.118. The second-order valence-electron chi connectivity index (χ2n) is 11.1. The Bertz CT molecular complexity index is 2230. The molecular weight excluding hydrogens is 763 g/mol. The maximum Gasteiger partial charge on any atom is 1.00 e. The third-order valence-electron chi connectivity index (χ3n) is 7.12. The first kappa shape index (κ1) is 46.1. The zero-order chi connectivity index (χ0) is 38.4. The van der Waals surface area contributed by atoms with Crippen molar-refractivity contribution in [3.05, 3.63) is 119 Å². The molecule has 0 aliphatic heterocycles. The molecule has 4 rings (SSSR count). The third kappa shape index (κ3) is 12.0. The van der Waals surface area contributed by atoms with E-state index in [9.17, 15) is 45.7 Å². The Morgan fingerprint density at radius 3 is 1.19 bits per heavy atom. The van der Waals surface area contributed by atoms with Crippen LogP contribution in [0.2, 0.25) is 0 Å². The summed E-state index contributed by atoms with van der Waals surface area (Å²) in [7, 11) is -10.8. The Morgan fingerprint density at radius 1 is 0.593 bits per heavy atom. The van der Waals surface area contributed by atoms with Gasteiger partial charge in [0.1, 0.15) is 31.8 Å². The van der Waals surface area contributed by atoms with Crippen molar-refractivity contribution in [2.24, 2.45) is 20.5 Å². The quantitative estimate of drug-likeness (QED) is 0.0546. The van der Waals surface area contributed by atoms with Crippen molar-refractivity contribution in [1.82, 2.24) is 0 Å². The molecule has 0 fully saturated rings. The van der Waals surface area contributed by atoms with E-state index in [1.807, 2.05) is 0 Å². The number of carbonyl (C=O) groups is 2. The van der Waals surface area contributed by atoms with Crippen molar-refractivity contribution in [2.45, 2.75) is 37.5 Å². The molecule has 4 aromatic carbocycles. The van der Waals surface area contributed by atoms with Crippen LogP contribution < -0.4 is 69.7 Å². The molecule has 54 heavy (non-hydrogen) atoms. The van der Waals surface area contributed by atoms with Gasteiger partial charge >= 0.3 is 59.1 Å². The van der Waals surface area contributed by atoms with E-state index in [2.05, 4.69) is 31.1 Å². The van der Waals surface area contributed by atoms with Gasteiger partial charge in [0.25, 0.3) is 11.8 Å². The van der Waals surface area contributed by atoms with Crippen molar-refractivity contribution in [2.75, 3.05) is 10.6 Å². The third-order valence-corrected chi connectivity index (χ3v) is 8.87. The molecule has 270 valence electrons. The molecule has 0 spiro atoms. The molecule has 0 unspecified atom stereocenters. The minimum absolute atomic E-state index is 0. The van der Waals surface area contributed by atoms with Crippen molar-refractivity contribution in [1.29, 1.82) is 0 Å². The number of hydrogen-bond donors (Lipinski definition) is 4. The minimum atomic E-state index is -5.39. The summed E-state index contributed by atoms with van der Waals surface area (Å²) in [6.45, 7) is 5.15. The van der Waals surface area contributed by atoms with Crippen LogP contribution >= 0.6 is 0 Å². The van der Waals surface area contributed by atoms with E-state index in [1.54, 1.807) is 60.7 Å². The van der Waals surface area contributed by atoms with Crippen LogP contribution in [0.5, 0.6) is 0 Å². The molecule has 0 aliphatic rings. The molecule has 0 radical (unpaired) electrons. The van der Waals surface area contributed by atoms with Gasteiger partial charge in [-0.2, -0.15) is 0 Å². The summed E-state index contributed by atoms with van der Waals surface area (Å²) in [4.78, 5) is 23.6. The number of allylic oxidation sites excluding steroid dienone is 2. The van der Waals surface area contributed by atoms with Crippen LogP contribution in [0.25, 0.3) is 11.1 Å². The number of benzene rings is 4. The van der Waals surface area contributed by atoms with Crippen LogP contribution in [-0.4, -0.2) is 48.0 Å². The van der Waals surface area contributed by atoms with Crippen LogP contribution in [0.15, 0.2) is 138 Å². The molecule has 0 saturated carbocycles. The monoisotopic (exact) mass is 792 g/mol.